The zero-order chi connectivity index (χ0) is 19.6. The Bertz CT molecular complexity index is 990. The van der Waals surface area contributed by atoms with E-state index in [4.69, 9.17) is 14.4 Å². The molecule has 0 saturated carbocycles. The van der Waals surface area contributed by atoms with Crippen molar-refractivity contribution in [2.24, 2.45) is 0 Å². The fourth-order valence-corrected chi connectivity index (χ4v) is 4.20. The van der Waals surface area contributed by atoms with Crippen LogP contribution in [0.2, 0.25) is 0 Å². The highest BCUT2D eigenvalue weighted by atomic mass is 16.3. The minimum atomic E-state index is -0.0527. The molecule has 0 unspecified atom stereocenters. The van der Waals surface area contributed by atoms with Gasteiger partial charge in [0.25, 0.3) is 5.91 Å². The summed E-state index contributed by atoms with van der Waals surface area (Å²) < 4.78 is 5.26. The number of piperazine rings is 1. The van der Waals surface area contributed by atoms with Crippen molar-refractivity contribution in [3.63, 3.8) is 0 Å². The van der Waals surface area contributed by atoms with Crippen LogP contribution in [0.25, 0.3) is 10.9 Å². The standard InChI is InChI=1S/C22H25N5O2/c28-21(19-9-6-16-29-19)26-12-14-27(15-13-26)22-23-18-8-3-2-7-17(18)20(24-22)25-10-4-1-5-11-25/h2-3,6-9,16H,1,4-5,10-15H2. The Hall–Kier alpha value is -3.09. The molecule has 2 aliphatic rings. The van der Waals surface area contributed by atoms with Crippen molar-refractivity contribution in [3.8, 4) is 0 Å². The number of amides is 1. The number of carbonyl (C=O) groups excluding carboxylic acids is 1. The van der Waals surface area contributed by atoms with Crippen molar-refractivity contribution in [2.45, 2.75) is 19.3 Å². The van der Waals surface area contributed by atoms with Crippen LogP contribution in [0.1, 0.15) is 29.8 Å². The van der Waals surface area contributed by atoms with Gasteiger partial charge >= 0.3 is 0 Å². The molecule has 2 aromatic heterocycles. The van der Waals surface area contributed by atoms with E-state index in [9.17, 15) is 4.79 Å². The van der Waals surface area contributed by atoms with Gasteiger partial charge in [-0.3, -0.25) is 4.79 Å². The molecule has 2 fully saturated rings. The third-order valence-corrected chi connectivity index (χ3v) is 5.81. The number of carbonyl (C=O) groups is 1. The molecule has 0 aliphatic carbocycles. The molecular formula is C22H25N5O2. The number of benzene rings is 1. The van der Waals surface area contributed by atoms with Gasteiger partial charge in [0, 0.05) is 44.7 Å². The minimum Gasteiger partial charge on any atom is -0.459 e. The summed E-state index contributed by atoms with van der Waals surface area (Å²) in [7, 11) is 0. The molecule has 3 aromatic rings. The lowest BCUT2D eigenvalue weighted by Crippen LogP contribution is -2.49. The highest BCUT2D eigenvalue weighted by Crippen LogP contribution is 2.29. The highest BCUT2D eigenvalue weighted by molar-refractivity contribution is 5.92. The van der Waals surface area contributed by atoms with Crippen LogP contribution in [0.3, 0.4) is 0 Å². The van der Waals surface area contributed by atoms with Crippen LogP contribution >= 0.6 is 0 Å². The number of hydrogen-bond acceptors (Lipinski definition) is 6. The van der Waals surface area contributed by atoms with Gasteiger partial charge in [0.1, 0.15) is 5.82 Å². The third-order valence-electron chi connectivity index (χ3n) is 5.81. The molecule has 5 rings (SSSR count). The Morgan fingerprint density at radius 2 is 1.62 bits per heavy atom. The molecule has 7 heteroatoms. The van der Waals surface area contributed by atoms with Gasteiger partial charge in [0.15, 0.2) is 5.76 Å². The van der Waals surface area contributed by atoms with E-state index < -0.39 is 0 Å². The maximum absolute atomic E-state index is 12.5. The summed E-state index contributed by atoms with van der Waals surface area (Å²) in [4.78, 5) is 28.8. The maximum Gasteiger partial charge on any atom is 0.289 e. The van der Waals surface area contributed by atoms with Crippen LogP contribution in [0.5, 0.6) is 0 Å². The van der Waals surface area contributed by atoms with E-state index in [2.05, 4.69) is 28.0 Å². The number of piperidine rings is 1. The molecule has 2 saturated heterocycles. The number of aromatic nitrogens is 2. The lowest BCUT2D eigenvalue weighted by atomic mass is 10.1. The van der Waals surface area contributed by atoms with Crippen molar-refractivity contribution >= 4 is 28.6 Å². The second kappa shape index (κ2) is 7.73. The fourth-order valence-electron chi connectivity index (χ4n) is 4.20. The van der Waals surface area contributed by atoms with E-state index in [1.54, 1.807) is 12.1 Å². The van der Waals surface area contributed by atoms with Crippen LogP contribution in [0.15, 0.2) is 47.1 Å². The van der Waals surface area contributed by atoms with Gasteiger partial charge < -0.3 is 19.1 Å². The lowest BCUT2D eigenvalue weighted by Gasteiger charge is -2.35. The smallest absolute Gasteiger partial charge is 0.289 e. The minimum absolute atomic E-state index is 0.0527. The first kappa shape index (κ1) is 18.0. The third kappa shape index (κ3) is 3.52. The van der Waals surface area contributed by atoms with Crippen LogP contribution in [-0.4, -0.2) is 60.0 Å². The Labute approximate surface area is 169 Å². The number of fused-ring (bicyclic) bond motifs is 1. The number of rotatable bonds is 3. The first-order valence-electron chi connectivity index (χ1n) is 10.4. The van der Waals surface area contributed by atoms with Gasteiger partial charge in [0.2, 0.25) is 5.95 Å². The van der Waals surface area contributed by atoms with Gasteiger partial charge in [-0.1, -0.05) is 12.1 Å². The molecule has 1 aromatic carbocycles. The highest BCUT2D eigenvalue weighted by Gasteiger charge is 2.26. The molecule has 4 heterocycles. The molecule has 0 bridgehead atoms. The Balaban J connectivity index is 1.38. The summed E-state index contributed by atoms with van der Waals surface area (Å²) in [5, 5.41) is 1.12. The monoisotopic (exact) mass is 391 g/mol. The molecular weight excluding hydrogens is 366 g/mol. The zero-order valence-electron chi connectivity index (χ0n) is 16.5. The fraction of sp³-hybridized carbons (Fsp3) is 0.409. The summed E-state index contributed by atoms with van der Waals surface area (Å²) in [5.74, 6) is 2.14. The van der Waals surface area contributed by atoms with Crippen molar-refractivity contribution < 1.29 is 9.21 Å². The molecule has 29 heavy (non-hydrogen) atoms. The second-order valence-corrected chi connectivity index (χ2v) is 7.67. The van der Waals surface area contributed by atoms with Crippen molar-refractivity contribution in [1.29, 1.82) is 0 Å². The van der Waals surface area contributed by atoms with E-state index in [1.165, 1.54) is 25.5 Å². The number of anilines is 2. The van der Waals surface area contributed by atoms with Crippen molar-refractivity contribution in [3.05, 3.63) is 48.4 Å². The SMILES string of the molecule is O=C(c1ccco1)N1CCN(c2nc(N3CCCCC3)c3ccccc3n2)CC1. The number of nitrogens with zero attached hydrogens (tertiary/aromatic N) is 5. The van der Waals surface area contributed by atoms with Crippen molar-refractivity contribution in [1.82, 2.24) is 14.9 Å². The summed E-state index contributed by atoms with van der Waals surface area (Å²) in [6.07, 6.45) is 5.25. The predicted octanol–water partition coefficient (Wildman–Crippen LogP) is 3.18. The first-order chi connectivity index (χ1) is 14.3. The van der Waals surface area contributed by atoms with Crippen LogP contribution in [-0.2, 0) is 0 Å². The van der Waals surface area contributed by atoms with E-state index in [0.717, 1.165) is 35.8 Å². The number of hydrogen-bond donors (Lipinski definition) is 0. The largest absolute Gasteiger partial charge is 0.459 e. The van der Waals surface area contributed by atoms with Crippen LogP contribution in [0, 0.1) is 0 Å². The average molecular weight is 391 g/mol. The lowest BCUT2D eigenvalue weighted by molar-refractivity contribution is 0.0714. The summed E-state index contributed by atoms with van der Waals surface area (Å²) in [6, 6.07) is 11.7. The van der Waals surface area contributed by atoms with Gasteiger partial charge in [-0.2, -0.15) is 4.98 Å². The van der Waals surface area contributed by atoms with Gasteiger partial charge in [0.05, 0.1) is 11.8 Å². The molecule has 0 radical (unpaired) electrons. The molecule has 0 spiro atoms. The zero-order valence-corrected chi connectivity index (χ0v) is 16.5. The van der Waals surface area contributed by atoms with E-state index in [0.29, 0.717) is 31.9 Å². The number of para-hydroxylation sites is 1. The average Bonchev–Trinajstić information content (AvgIpc) is 3.33. The van der Waals surface area contributed by atoms with E-state index >= 15 is 0 Å². The Morgan fingerprint density at radius 1 is 0.828 bits per heavy atom. The van der Waals surface area contributed by atoms with Gasteiger partial charge in [-0.05, 0) is 43.5 Å². The topological polar surface area (TPSA) is 65.7 Å². The van der Waals surface area contributed by atoms with E-state index in [-0.39, 0.29) is 5.91 Å². The van der Waals surface area contributed by atoms with Crippen LogP contribution in [0.4, 0.5) is 11.8 Å². The molecule has 150 valence electrons. The predicted molar refractivity (Wildman–Crippen MR) is 112 cm³/mol. The van der Waals surface area contributed by atoms with Gasteiger partial charge in [-0.25, -0.2) is 4.98 Å². The molecule has 0 N–H and O–H groups in total. The summed E-state index contributed by atoms with van der Waals surface area (Å²) in [6.45, 7) is 4.79. The first-order valence-corrected chi connectivity index (χ1v) is 10.4. The van der Waals surface area contributed by atoms with Gasteiger partial charge in [-0.15, -0.1) is 0 Å². The van der Waals surface area contributed by atoms with Crippen molar-refractivity contribution in [2.75, 3.05) is 49.1 Å². The normalized spacial score (nSPS) is 17.7. The van der Waals surface area contributed by atoms with E-state index in [1.807, 2.05) is 11.0 Å². The maximum atomic E-state index is 12.5. The molecule has 7 nitrogen and oxygen atoms in total. The van der Waals surface area contributed by atoms with Crippen LogP contribution < -0.4 is 9.80 Å². The summed E-state index contributed by atoms with van der Waals surface area (Å²) >= 11 is 0. The second-order valence-electron chi connectivity index (χ2n) is 7.67. The molecule has 0 atom stereocenters. The molecule has 2 aliphatic heterocycles. The summed E-state index contributed by atoms with van der Waals surface area (Å²) in [5.41, 5.74) is 0.979. The Morgan fingerprint density at radius 3 is 2.38 bits per heavy atom. The quantitative estimate of drug-likeness (QED) is 0.683. The Kier molecular flexibility index (Phi) is 4.79. The molecule has 1 amide bonds. The number of furan rings is 1.